The lowest BCUT2D eigenvalue weighted by Gasteiger charge is -2.07. The number of rotatable bonds is 2. The third-order valence-electron chi connectivity index (χ3n) is 2.38. The highest BCUT2D eigenvalue weighted by atomic mass is 79.9. The molecule has 2 rings (SSSR count). The SMILES string of the molecule is Cc1[nH]nc(N)c1C(=O)Nc1cc(Br)ccc1Br. The van der Waals surface area contributed by atoms with E-state index >= 15 is 0 Å². The summed E-state index contributed by atoms with van der Waals surface area (Å²) in [5.74, 6) is -0.103. The fourth-order valence-corrected chi connectivity index (χ4v) is 2.22. The number of aryl methyl sites for hydroxylation is 1. The van der Waals surface area contributed by atoms with Crippen LogP contribution >= 0.6 is 31.9 Å². The van der Waals surface area contributed by atoms with Crippen molar-refractivity contribution in [2.75, 3.05) is 11.1 Å². The lowest BCUT2D eigenvalue weighted by molar-refractivity contribution is 0.102. The zero-order valence-corrected chi connectivity index (χ0v) is 12.6. The van der Waals surface area contributed by atoms with E-state index in [1.54, 1.807) is 13.0 Å². The van der Waals surface area contributed by atoms with Crippen molar-refractivity contribution in [3.63, 3.8) is 0 Å². The smallest absolute Gasteiger partial charge is 0.261 e. The van der Waals surface area contributed by atoms with Crippen LogP contribution in [0.15, 0.2) is 27.1 Å². The van der Waals surface area contributed by atoms with Gasteiger partial charge in [0.15, 0.2) is 5.82 Å². The third-order valence-corrected chi connectivity index (χ3v) is 3.56. The van der Waals surface area contributed by atoms with Gasteiger partial charge in [0.05, 0.1) is 5.69 Å². The largest absolute Gasteiger partial charge is 0.382 e. The maximum Gasteiger partial charge on any atom is 0.261 e. The number of anilines is 2. The van der Waals surface area contributed by atoms with Gasteiger partial charge in [0.1, 0.15) is 5.56 Å². The van der Waals surface area contributed by atoms with Crippen molar-refractivity contribution in [2.24, 2.45) is 0 Å². The second kappa shape index (κ2) is 5.11. The number of H-pyrrole nitrogens is 1. The molecule has 0 spiro atoms. The van der Waals surface area contributed by atoms with Crippen LogP contribution in [0.5, 0.6) is 0 Å². The molecular weight excluding hydrogens is 364 g/mol. The fourth-order valence-electron chi connectivity index (χ4n) is 1.51. The Balaban J connectivity index is 2.30. The van der Waals surface area contributed by atoms with E-state index in [1.807, 2.05) is 12.1 Å². The summed E-state index contributed by atoms with van der Waals surface area (Å²) in [5, 5.41) is 9.24. The van der Waals surface area contributed by atoms with E-state index in [0.29, 0.717) is 16.9 Å². The molecule has 0 saturated heterocycles. The number of nitrogens with zero attached hydrogens (tertiary/aromatic N) is 1. The van der Waals surface area contributed by atoms with E-state index in [4.69, 9.17) is 5.73 Å². The minimum atomic E-state index is -0.294. The van der Waals surface area contributed by atoms with Gasteiger partial charge in [-0.15, -0.1) is 0 Å². The predicted molar refractivity (Wildman–Crippen MR) is 77.5 cm³/mol. The number of halogens is 2. The topological polar surface area (TPSA) is 83.8 Å². The van der Waals surface area contributed by atoms with Crippen LogP contribution in [0.3, 0.4) is 0 Å². The van der Waals surface area contributed by atoms with Crippen LogP contribution in [0.4, 0.5) is 11.5 Å². The number of nitrogens with one attached hydrogen (secondary N) is 2. The molecule has 94 valence electrons. The molecule has 4 N–H and O–H groups in total. The van der Waals surface area contributed by atoms with Gasteiger partial charge in [0.2, 0.25) is 0 Å². The normalized spacial score (nSPS) is 10.4. The number of aromatic amines is 1. The number of nitrogens with two attached hydrogens (primary N) is 1. The molecule has 18 heavy (non-hydrogen) atoms. The molecule has 1 heterocycles. The summed E-state index contributed by atoms with van der Waals surface area (Å²) >= 11 is 6.72. The summed E-state index contributed by atoms with van der Waals surface area (Å²) in [6, 6.07) is 5.51. The monoisotopic (exact) mass is 372 g/mol. The highest BCUT2D eigenvalue weighted by Gasteiger charge is 2.17. The lowest BCUT2D eigenvalue weighted by Crippen LogP contribution is -2.14. The van der Waals surface area contributed by atoms with Crippen molar-refractivity contribution in [3.05, 3.63) is 38.4 Å². The van der Waals surface area contributed by atoms with E-state index in [9.17, 15) is 4.79 Å². The molecular formula is C11H10Br2N4O. The number of hydrogen-bond acceptors (Lipinski definition) is 3. The Kier molecular flexibility index (Phi) is 3.72. The standard InChI is InChI=1S/C11H10Br2N4O/c1-5-9(10(14)17-16-5)11(18)15-8-4-6(12)2-3-7(8)13/h2-4H,1H3,(H,15,18)(H3,14,16,17). The van der Waals surface area contributed by atoms with Crippen molar-refractivity contribution in [3.8, 4) is 0 Å². The van der Waals surface area contributed by atoms with Crippen LogP contribution in [0, 0.1) is 6.92 Å². The molecule has 5 nitrogen and oxygen atoms in total. The van der Waals surface area contributed by atoms with E-state index in [1.165, 1.54) is 0 Å². The summed E-state index contributed by atoms with van der Waals surface area (Å²) in [5.41, 5.74) is 7.30. The van der Waals surface area contributed by atoms with Crippen molar-refractivity contribution in [1.29, 1.82) is 0 Å². The van der Waals surface area contributed by atoms with E-state index in [0.717, 1.165) is 8.95 Å². The highest BCUT2D eigenvalue weighted by molar-refractivity contribution is 9.11. The molecule has 7 heteroatoms. The summed E-state index contributed by atoms with van der Waals surface area (Å²) in [4.78, 5) is 12.1. The summed E-state index contributed by atoms with van der Waals surface area (Å²) < 4.78 is 1.66. The minimum Gasteiger partial charge on any atom is -0.382 e. The first-order valence-corrected chi connectivity index (χ1v) is 6.64. The van der Waals surface area contributed by atoms with Gasteiger partial charge in [-0.3, -0.25) is 9.89 Å². The van der Waals surface area contributed by atoms with Crippen LogP contribution in [-0.4, -0.2) is 16.1 Å². The van der Waals surface area contributed by atoms with Gasteiger partial charge >= 0.3 is 0 Å². The molecule has 1 aromatic heterocycles. The molecule has 0 aliphatic rings. The van der Waals surface area contributed by atoms with Crippen molar-refractivity contribution >= 4 is 49.3 Å². The molecule has 0 atom stereocenters. The molecule has 0 bridgehead atoms. The van der Waals surface area contributed by atoms with Gasteiger partial charge in [-0.1, -0.05) is 15.9 Å². The summed E-state index contributed by atoms with van der Waals surface area (Å²) in [6.45, 7) is 1.74. The maximum atomic E-state index is 12.1. The predicted octanol–water partition coefficient (Wildman–Crippen LogP) is 3.08. The average molecular weight is 374 g/mol. The van der Waals surface area contributed by atoms with Crippen LogP contribution in [0.25, 0.3) is 0 Å². The summed E-state index contributed by atoms with van der Waals surface area (Å²) in [7, 11) is 0. The molecule has 0 saturated carbocycles. The Bertz CT molecular complexity index is 590. The van der Waals surface area contributed by atoms with Gasteiger partial charge < -0.3 is 11.1 Å². The number of nitrogen functional groups attached to an aromatic ring is 1. The second-order valence-electron chi connectivity index (χ2n) is 3.69. The summed E-state index contributed by atoms with van der Waals surface area (Å²) in [6.07, 6.45) is 0. The number of aromatic nitrogens is 2. The Morgan fingerprint density at radius 2 is 2.17 bits per heavy atom. The number of hydrogen-bond donors (Lipinski definition) is 3. The number of carbonyl (C=O) groups excluding carboxylic acids is 1. The maximum absolute atomic E-state index is 12.1. The minimum absolute atomic E-state index is 0.191. The van der Waals surface area contributed by atoms with Gasteiger partial charge in [-0.05, 0) is 41.1 Å². The van der Waals surface area contributed by atoms with Crippen LogP contribution < -0.4 is 11.1 Å². The molecule has 0 unspecified atom stereocenters. The molecule has 0 aliphatic carbocycles. The molecule has 0 fully saturated rings. The highest BCUT2D eigenvalue weighted by Crippen LogP contribution is 2.27. The first-order valence-electron chi connectivity index (χ1n) is 5.06. The Morgan fingerprint density at radius 3 is 2.78 bits per heavy atom. The Labute approximate surface area is 120 Å². The van der Waals surface area contributed by atoms with Crippen molar-refractivity contribution < 1.29 is 4.79 Å². The average Bonchev–Trinajstić information content (AvgIpc) is 2.63. The molecule has 2 aromatic rings. The molecule has 0 aliphatic heterocycles. The van der Waals surface area contributed by atoms with Crippen molar-refractivity contribution in [2.45, 2.75) is 6.92 Å². The van der Waals surface area contributed by atoms with Crippen molar-refractivity contribution in [1.82, 2.24) is 10.2 Å². The molecule has 1 aromatic carbocycles. The molecule has 1 amide bonds. The number of carbonyl (C=O) groups is 1. The first kappa shape index (κ1) is 13.1. The fraction of sp³-hybridized carbons (Fsp3) is 0.0909. The second-order valence-corrected chi connectivity index (χ2v) is 5.46. The molecule has 0 radical (unpaired) electrons. The van der Waals surface area contributed by atoms with E-state index in [-0.39, 0.29) is 11.7 Å². The third kappa shape index (κ3) is 2.56. The van der Waals surface area contributed by atoms with Gasteiger partial charge in [0, 0.05) is 14.6 Å². The van der Waals surface area contributed by atoms with Crippen LogP contribution in [0.1, 0.15) is 16.1 Å². The van der Waals surface area contributed by atoms with Gasteiger partial charge in [-0.2, -0.15) is 5.10 Å². The first-order chi connectivity index (χ1) is 8.49. The zero-order valence-electron chi connectivity index (χ0n) is 9.42. The van der Waals surface area contributed by atoms with Crippen LogP contribution in [-0.2, 0) is 0 Å². The Hall–Kier alpha value is -1.34. The number of amides is 1. The quantitative estimate of drug-likeness (QED) is 0.756. The van der Waals surface area contributed by atoms with E-state index in [2.05, 4.69) is 47.4 Å². The van der Waals surface area contributed by atoms with Gasteiger partial charge in [0.25, 0.3) is 5.91 Å². The lowest BCUT2D eigenvalue weighted by atomic mass is 10.2. The van der Waals surface area contributed by atoms with Gasteiger partial charge in [-0.25, -0.2) is 0 Å². The van der Waals surface area contributed by atoms with E-state index < -0.39 is 0 Å². The van der Waals surface area contributed by atoms with Crippen LogP contribution in [0.2, 0.25) is 0 Å². The zero-order chi connectivity index (χ0) is 13.3. The Morgan fingerprint density at radius 1 is 1.44 bits per heavy atom. The number of benzene rings is 1.